The van der Waals surface area contributed by atoms with Gasteiger partial charge in [-0.1, -0.05) is 79.4 Å². The highest BCUT2D eigenvalue weighted by Crippen LogP contribution is 2.18. The Hall–Kier alpha value is -2.74. The average molecular weight is 290 g/mol. The fourth-order valence-electron chi connectivity index (χ4n) is 2.18. The second kappa shape index (κ2) is 7.89. The third-order valence-electron chi connectivity index (χ3n) is 3.44. The van der Waals surface area contributed by atoms with Crippen molar-refractivity contribution < 1.29 is 9.59 Å². The molecule has 0 bridgehead atoms. The molecule has 0 N–H and O–H groups in total. The van der Waals surface area contributed by atoms with Crippen LogP contribution in [0.15, 0.2) is 67.3 Å². The van der Waals surface area contributed by atoms with Crippen molar-refractivity contribution in [3.8, 4) is 0 Å². The number of carbonyl (C=O) groups excluding carboxylic acids is 2. The molecule has 2 aromatic rings. The van der Waals surface area contributed by atoms with E-state index in [4.69, 9.17) is 0 Å². The molecule has 2 nitrogen and oxygen atoms in total. The zero-order valence-electron chi connectivity index (χ0n) is 12.3. The van der Waals surface area contributed by atoms with Crippen LogP contribution < -0.4 is 0 Å². The van der Waals surface area contributed by atoms with Gasteiger partial charge in [-0.05, 0) is 16.7 Å². The molecule has 0 radical (unpaired) electrons. The topological polar surface area (TPSA) is 34.1 Å². The van der Waals surface area contributed by atoms with Crippen LogP contribution in [0.5, 0.6) is 0 Å². The first-order valence-electron chi connectivity index (χ1n) is 7.16. The third kappa shape index (κ3) is 4.13. The Morgan fingerprint density at radius 3 is 2.27 bits per heavy atom. The number of carbonyl (C=O) groups is 2. The van der Waals surface area contributed by atoms with E-state index in [1.54, 1.807) is 24.3 Å². The Kier molecular flexibility index (Phi) is 5.61. The third-order valence-corrected chi connectivity index (χ3v) is 3.44. The zero-order chi connectivity index (χ0) is 15.8. The van der Waals surface area contributed by atoms with E-state index in [0.29, 0.717) is 6.29 Å². The molecule has 0 aromatic heterocycles. The lowest BCUT2D eigenvalue weighted by Gasteiger charge is -2.08. The molecule has 1 atom stereocenters. The first-order chi connectivity index (χ1) is 10.7. The minimum atomic E-state index is -0.709. The Morgan fingerprint density at radius 1 is 1.00 bits per heavy atom. The molecule has 2 heteroatoms. The van der Waals surface area contributed by atoms with E-state index < -0.39 is 5.92 Å². The Bertz CT molecular complexity index is 667. The van der Waals surface area contributed by atoms with Gasteiger partial charge in [-0.15, -0.1) is 0 Å². The van der Waals surface area contributed by atoms with Crippen LogP contribution in [-0.4, -0.2) is 12.1 Å². The minimum absolute atomic E-state index is 0.103. The molecule has 110 valence electrons. The number of hydrogen-bond acceptors (Lipinski definition) is 2. The summed E-state index contributed by atoms with van der Waals surface area (Å²) in [4.78, 5) is 23.5. The summed E-state index contributed by atoms with van der Waals surface area (Å²) in [6, 6.07) is 17.1. The molecular formula is C20H18O2. The van der Waals surface area contributed by atoms with Gasteiger partial charge >= 0.3 is 0 Å². The monoisotopic (exact) mass is 290 g/mol. The van der Waals surface area contributed by atoms with Crippen molar-refractivity contribution in [2.75, 3.05) is 0 Å². The van der Waals surface area contributed by atoms with E-state index in [-0.39, 0.29) is 12.2 Å². The van der Waals surface area contributed by atoms with Gasteiger partial charge in [-0.3, -0.25) is 4.79 Å². The van der Waals surface area contributed by atoms with E-state index in [0.717, 1.165) is 16.7 Å². The number of benzene rings is 2. The molecule has 0 aliphatic carbocycles. The fourth-order valence-corrected chi connectivity index (χ4v) is 2.18. The molecular weight excluding hydrogens is 272 g/mol. The smallest absolute Gasteiger partial charge is 0.151 e. The summed E-state index contributed by atoms with van der Waals surface area (Å²) in [5, 5.41) is 0. The molecule has 0 aliphatic rings. The van der Waals surface area contributed by atoms with Crippen molar-refractivity contribution in [2.24, 2.45) is 0 Å². The first kappa shape index (κ1) is 15.6. The lowest BCUT2D eigenvalue weighted by molar-refractivity contribution is -0.123. The highest BCUT2D eigenvalue weighted by atomic mass is 16.1. The van der Waals surface area contributed by atoms with Gasteiger partial charge in [0.2, 0.25) is 0 Å². The van der Waals surface area contributed by atoms with Crippen molar-refractivity contribution >= 4 is 24.2 Å². The Labute approximate surface area is 130 Å². The van der Waals surface area contributed by atoms with Gasteiger partial charge in [0.1, 0.15) is 6.29 Å². The summed E-state index contributed by atoms with van der Waals surface area (Å²) in [7, 11) is 0. The summed E-state index contributed by atoms with van der Waals surface area (Å²) in [6.07, 6.45) is 6.36. The predicted molar refractivity (Wildman–Crippen MR) is 90.4 cm³/mol. The highest BCUT2D eigenvalue weighted by Gasteiger charge is 2.18. The van der Waals surface area contributed by atoms with Crippen molar-refractivity contribution in [3.63, 3.8) is 0 Å². The highest BCUT2D eigenvalue weighted by molar-refractivity contribution is 5.99. The number of rotatable bonds is 7. The zero-order valence-corrected chi connectivity index (χ0v) is 12.3. The van der Waals surface area contributed by atoms with Crippen LogP contribution in [0.3, 0.4) is 0 Å². The van der Waals surface area contributed by atoms with E-state index in [1.807, 2.05) is 48.5 Å². The van der Waals surface area contributed by atoms with Crippen LogP contribution in [0.2, 0.25) is 0 Å². The maximum absolute atomic E-state index is 12.2. The lowest BCUT2D eigenvalue weighted by atomic mass is 9.93. The van der Waals surface area contributed by atoms with Gasteiger partial charge in [0, 0.05) is 6.42 Å². The summed E-state index contributed by atoms with van der Waals surface area (Å²) in [5.74, 6) is -0.812. The second-order valence-electron chi connectivity index (χ2n) is 4.97. The maximum Gasteiger partial charge on any atom is 0.151 e. The molecule has 0 heterocycles. The number of hydrogen-bond donors (Lipinski definition) is 0. The molecule has 2 rings (SSSR count). The van der Waals surface area contributed by atoms with Crippen LogP contribution >= 0.6 is 0 Å². The molecule has 0 spiro atoms. The van der Waals surface area contributed by atoms with Crippen molar-refractivity contribution in [2.45, 2.75) is 12.3 Å². The maximum atomic E-state index is 12.2. The molecule has 0 aliphatic heterocycles. The Balaban J connectivity index is 2.03. The molecule has 1 unspecified atom stereocenters. The SMILES string of the molecule is C=Cc1ccc(C(C=O)C(=O)CC=Cc2ccccc2)cc1. The number of aldehydes is 1. The summed E-state index contributed by atoms with van der Waals surface area (Å²) < 4.78 is 0. The number of Topliss-reactive ketones (excluding diaryl/α,β-unsaturated/α-hetero) is 1. The van der Waals surface area contributed by atoms with Crippen LogP contribution in [0.4, 0.5) is 0 Å². The van der Waals surface area contributed by atoms with Crippen LogP contribution in [0.1, 0.15) is 29.0 Å². The van der Waals surface area contributed by atoms with E-state index in [9.17, 15) is 9.59 Å². The van der Waals surface area contributed by atoms with E-state index >= 15 is 0 Å². The second-order valence-corrected chi connectivity index (χ2v) is 4.97. The summed E-state index contributed by atoms with van der Waals surface area (Å²) in [6.45, 7) is 3.68. The number of ketones is 1. The molecule has 2 aromatic carbocycles. The van der Waals surface area contributed by atoms with Gasteiger partial charge in [-0.25, -0.2) is 0 Å². The van der Waals surface area contributed by atoms with Gasteiger partial charge in [-0.2, -0.15) is 0 Å². The lowest BCUT2D eigenvalue weighted by Crippen LogP contribution is -2.13. The minimum Gasteiger partial charge on any atom is -0.302 e. The van der Waals surface area contributed by atoms with Crippen molar-refractivity contribution in [1.29, 1.82) is 0 Å². The standard InChI is InChI=1S/C20H18O2/c1-2-16-11-13-18(14-12-16)19(15-21)20(22)10-6-9-17-7-4-3-5-8-17/h2-9,11-15,19H,1,10H2. The van der Waals surface area contributed by atoms with Crippen LogP contribution in [-0.2, 0) is 9.59 Å². The molecule has 0 saturated heterocycles. The summed E-state index contributed by atoms with van der Waals surface area (Å²) in [5.41, 5.74) is 2.72. The van der Waals surface area contributed by atoms with Crippen molar-refractivity contribution in [3.05, 3.63) is 83.9 Å². The van der Waals surface area contributed by atoms with Crippen LogP contribution in [0.25, 0.3) is 12.2 Å². The van der Waals surface area contributed by atoms with Gasteiger partial charge < -0.3 is 4.79 Å². The van der Waals surface area contributed by atoms with Gasteiger partial charge in [0.05, 0.1) is 5.92 Å². The first-order valence-corrected chi connectivity index (χ1v) is 7.16. The van der Waals surface area contributed by atoms with E-state index in [2.05, 4.69) is 6.58 Å². The van der Waals surface area contributed by atoms with E-state index in [1.165, 1.54) is 0 Å². The quantitative estimate of drug-likeness (QED) is 0.563. The molecule has 22 heavy (non-hydrogen) atoms. The molecule has 0 fully saturated rings. The fraction of sp³-hybridized carbons (Fsp3) is 0.100. The Morgan fingerprint density at radius 2 is 1.68 bits per heavy atom. The molecule has 0 amide bonds. The predicted octanol–water partition coefficient (Wildman–Crippen LogP) is 4.28. The summed E-state index contributed by atoms with van der Waals surface area (Å²) >= 11 is 0. The normalized spacial score (nSPS) is 12.0. The number of allylic oxidation sites excluding steroid dienone is 1. The van der Waals surface area contributed by atoms with Crippen LogP contribution in [0, 0.1) is 0 Å². The average Bonchev–Trinajstić information content (AvgIpc) is 2.57. The van der Waals surface area contributed by atoms with Gasteiger partial charge in [0.25, 0.3) is 0 Å². The van der Waals surface area contributed by atoms with Crippen molar-refractivity contribution in [1.82, 2.24) is 0 Å². The molecule has 0 saturated carbocycles. The largest absolute Gasteiger partial charge is 0.302 e. The van der Waals surface area contributed by atoms with Gasteiger partial charge in [0.15, 0.2) is 5.78 Å².